The minimum atomic E-state index is -0.136. The summed E-state index contributed by atoms with van der Waals surface area (Å²) in [5.41, 5.74) is 1.81. The first kappa shape index (κ1) is 16.4. The van der Waals surface area contributed by atoms with Gasteiger partial charge in [-0.1, -0.05) is 36.5 Å². The van der Waals surface area contributed by atoms with Crippen molar-refractivity contribution in [1.29, 1.82) is 0 Å². The predicted octanol–water partition coefficient (Wildman–Crippen LogP) is 2.77. The maximum atomic E-state index is 12.0. The lowest BCUT2D eigenvalue weighted by Gasteiger charge is -2.09. The first-order valence-electron chi connectivity index (χ1n) is 8.05. The molecule has 0 aliphatic carbocycles. The number of para-hydroxylation sites is 1. The fourth-order valence-electron chi connectivity index (χ4n) is 2.42. The number of aromatic nitrogens is 3. The maximum Gasteiger partial charge on any atom is 0.275 e. The van der Waals surface area contributed by atoms with Crippen molar-refractivity contribution in [2.75, 3.05) is 18.5 Å². The van der Waals surface area contributed by atoms with Gasteiger partial charge in [-0.2, -0.15) is 4.52 Å². The molecule has 2 heterocycles. The van der Waals surface area contributed by atoms with E-state index in [0.717, 1.165) is 29.8 Å². The number of anilines is 1. The number of ether oxygens (including phenoxy) is 1. The summed E-state index contributed by atoms with van der Waals surface area (Å²) in [5, 5.41) is 8.26. The summed E-state index contributed by atoms with van der Waals surface area (Å²) in [5.74, 6) is 0.913. The van der Waals surface area contributed by atoms with Gasteiger partial charge in [0.15, 0.2) is 0 Å². The van der Waals surface area contributed by atoms with Crippen LogP contribution in [-0.2, 0) is 12.8 Å². The Morgan fingerprint density at radius 1 is 1.29 bits per heavy atom. The third kappa shape index (κ3) is 3.56. The van der Waals surface area contributed by atoms with Crippen LogP contribution in [0.2, 0.25) is 0 Å². The Balaban J connectivity index is 1.70. The highest BCUT2D eigenvalue weighted by Gasteiger charge is 2.08. The summed E-state index contributed by atoms with van der Waals surface area (Å²) in [6, 6.07) is 9.55. The average molecular weight is 344 g/mol. The number of nitrogens with one attached hydrogen (secondary N) is 1. The molecule has 0 bridgehead atoms. The molecule has 0 saturated carbocycles. The van der Waals surface area contributed by atoms with Crippen LogP contribution in [0, 0.1) is 0 Å². The van der Waals surface area contributed by atoms with Crippen LogP contribution in [0.1, 0.15) is 25.1 Å². The van der Waals surface area contributed by atoms with Gasteiger partial charge >= 0.3 is 0 Å². The Labute approximate surface area is 144 Å². The van der Waals surface area contributed by atoms with Crippen molar-refractivity contribution in [2.45, 2.75) is 26.7 Å². The number of nitrogens with zero attached hydrogens (tertiary/aromatic N) is 3. The van der Waals surface area contributed by atoms with Crippen LogP contribution in [0.15, 0.2) is 35.1 Å². The average Bonchev–Trinajstić information content (AvgIpc) is 3.00. The van der Waals surface area contributed by atoms with Gasteiger partial charge in [0.2, 0.25) is 10.1 Å². The molecule has 126 valence electrons. The molecule has 3 aromatic rings. The van der Waals surface area contributed by atoms with E-state index in [1.165, 1.54) is 21.9 Å². The van der Waals surface area contributed by atoms with Crippen LogP contribution >= 0.6 is 11.3 Å². The number of benzene rings is 1. The van der Waals surface area contributed by atoms with Gasteiger partial charge < -0.3 is 10.1 Å². The van der Waals surface area contributed by atoms with Crippen molar-refractivity contribution >= 4 is 21.4 Å². The highest BCUT2D eigenvalue weighted by molar-refractivity contribution is 7.20. The first-order valence-corrected chi connectivity index (χ1v) is 8.87. The highest BCUT2D eigenvalue weighted by atomic mass is 32.1. The molecule has 6 nitrogen and oxygen atoms in total. The van der Waals surface area contributed by atoms with Crippen LogP contribution in [0.25, 0.3) is 4.96 Å². The molecule has 0 fully saturated rings. The minimum absolute atomic E-state index is 0.136. The zero-order chi connectivity index (χ0) is 16.9. The van der Waals surface area contributed by atoms with Gasteiger partial charge in [-0.25, -0.2) is 4.98 Å². The van der Waals surface area contributed by atoms with E-state index < -0.39 is 0 Å². The Kier molecular flexibility index (Phi) is 5.10. The lowest BCUT2D eigenvalue weighted by molar-refractivity contribution is 0.336. The van der Waals surface area contributed by atoms with E-state index in [4.69, 9.17) is 4.74 Å². The Morgan fingerprint density at radius 3 is 2.92 bits per heavy atom. The summed E-state index contributed by atoms with van der Waals surface area (Å²) in [4.78, 5) is 17.1. The smallest absolute Gasteiger partial charge is 0.275 e. The lowest BCUT2D eigenvalue weighted by atomic mass is 10.1. The molecule has 0 amide bonds. The molecule has 2 aromatic heterocycles. The van der Waals surface area contributed by atoms with Crippen molar-refractivity contribution in [3.63, 3.8) is 0 Å². The SMILES string of the molecule is CCOc1ccccc1CCNc1nn2c(=O)cc(CC)nc2s1. The molecule has 0 aliphatic heterocycles. The highest BCUT2D eigenvalue weighted by Crippen LogP contribution is 2.20. The van der Waals surface area contributed by atoms with E-state index in [1.807, 2.05) is 32.0 Å². The normalized spacial score (nSPS) is 10.9. The Morgan fingerprint density at radius 2 is 2.12 bits per heavy atom. The van der Waals surface area contributed by atoms with Gasteiger partial charge in [0.05, 0.1) is 6.61 Å². The molecule has 0 unspecified atom stereocenters. The molecule has 0 radical (unpaired) electrons. The van der Waals surface area contributed by atoms with Crippen LogP contribution in [0.4, 0.5) is 5.13 Å². The van der Waals surface area contributed by atoms with Gasteiger partial charge in [-0.05, 0) is 31.4 Å². The topological polar surface area (TPSA) is 68.5 Å². The largest absolute Gasteiger partial charge is 0.494 e. The summed E-state index contributed by atoms with van der Waals surface area (Å²) in [7, 11) is 0. The predicted molar refractivity (Wildman–Crippen MR) is 96.3 cm³/mol. The minimum Gasteiger partial charge on any atom is -0.494 e. The van der Waals surface area contributed by atoms with E-state index in [9.17, 15) is 4.79 Å². The summed E-state index contributed by atoms with van der Waals surface area (Å²) in [6.45, 7) is 5.32. The van der Waals surface area contributed by atoms with Crippen molar-refractivity contribution in [1.82, 2.24) is 14.6 Å². The van der Waals surface area contributed by atoms with Crippen LogP contribution in [0.3, 0.4) is 0 Å². The van der Waals surface area contributed by atoms with E-state index in [1.54, 1.807) is 0 Å². The summed E-state index contributed by atoms with van der Waals surface area (Å²) < 4.78 is 6.98. The molecular formula is C17H20N4O2S. The van der Waals surface area contributed by atoms with Crippen molar-refractivity contribution < 1.29 is 4.74 Å². The number of rotatable bonds is 7. The first-order chi connectivity index (χ1) is 11.7. The van der Waals surface area contributed by atoms with Crippen LogP contribution < -0.4 is 15.6 Å². The van der Waals surface area contributed by atoms with Crippen molar-refractivity contribution in [3.8, 4) is 5.75 Å². The lowest BCUT2D eigenvalue weighted by Crippen LogP contribution is -2.15. The molecule has 0 saturated heterocycles. The van der Waals surface area contributed by atoms with Gasteiger partial charge in [0, 0.05) is 18.3 Å². The number of fused-ring (bicyclic) bond motifs is 1. The molecule has 0 aliphatic rings. The molecule has 7 heteroatoms. The third-order valence-electron chi connectivity index (χ3n) is 3.60. The monoisotopic (exact) mass is 344 g/mol. The van der Waals surface area contributed by atoms with Gasteiger partial charge in [-0.3, -0.25) is 4.79 Å². The molecule has 1 aromatic carbocycles. The second kappa shape index (κ2) is 7.44. The molecule has 1 N–H and O–H groups in total. The zero-order valence-corrected chi connectivity index (χ0v) is 14.6. The zero-order valence-electron chi connectivity index (χ0n) is 13.8. The third-order valence-corrected chi connectivity index (χ3v) is 4.47. The van der Waals surface area contributed by atoms with Gasteiger partial charge in [0.1, 0.15) is 5.75 Å². The summed E-state index contributed by atoms with van der Waals surface area (Å²) in [6.07, 6.45) is 1.55. The molecule has 24 heavy (non-hydrogen) atoms. The second-order valence-electron chi connectivity index (χ2n) is 5.26. The Bertz CT molecular complexity index is 888. The second-order valence-corrected chi connectivity index (χ2v) is 6.21. The molecule has 0 atom stereocenters. The fourth-order valence-corrected chi connectivity index (χ4v) is 3.27. The maximum absolute atomic E-state index is 12.0. The van der Waals surface area contributed by atoms with Crippen LogP contribution in [-0.4, -0.2) is 27.7 Å². The van der Waals surface area contributed by atoms with Crippen LogP contribution in [0.5, 0.6) is 5.75 Å². The number of aryl methyl sites for hydroxylation is 1. The standard InChI is InChI=1S/C17H20N4O2S/c1-3-13-11-15(22)21-17(19-13)24-16(20-21)18-10-9-12-7-5-6-8-14(12)23-4-2/h5-8,11H,3-4,9-10H2,1-2H3,(H,18,20). The summed E-state index contributed by atoms with van der Waals surface area (Å²) >= 11 is 1.39. The molecule has 3 rings (SSSR count). The van der Waals surface area contributed by atoms with E-state index in [2.05, 4.69) is 21.5 Å². The van der Waals surface area contributed by atoms with Crippen molar-refractivity contribution in [3.05, 3.63) is 51.9 Å². The van der Waals surface area contributed by atoms with Gasteiger partial charge in [-0.15, -0.1) is 5.10 Å². The molecular weight excluding hydrogens is 324 g/mol. The van der Waals surface area contributed by atoms with Crippen molar-refractivity contribution in [2.24, 2.45) is 0 Å². The quantitative estimate of drug-likeness (QED) is 0.714. The van der Waals surface area contributed by atoms with E-state index in [0.29, 0.717) is 23.2 Å². The molecule has 0 spiro atoms. The number of hydrogen-bond acceptors (Lipinski definition) is 6. The Hall–Kier alpha value is -2.41. The van der Waals surface area contributed by atoms with E-state index >= 15 is 0 Å². The number of hydrogen-bond donors (Lipinski definition) is 1. The van der Waals surface area contributed by atoms with E-state index in [-0.39, 0.29) is 5.56 Å². The fraction of sp³-hybridized carbons (Fsp3) is 0.353. The van der Waals surface area contributed by atoms with Gasteiger partial charge in [0.25, 0.3) is 5.56 Å².